The maximum Gasteiger partial charge on any atom is -0.000118 e. The van der Waals surface area contributed by atoms with E-state index < -0.39 is 0 Å². The molecule has 8 aromatic rings. The molecule has 0 radical (unpaired) electrons. The smallest absolute Gasteiger partial charge is 0.000118 e. The van der Waals surface area contributed by atoms with E-state index in [1.165, 1.54) is 99.1 Å². The third-order valence-corrected chi connectivity index (χ3v) is 11.6. The summed E-state index contributed by atoms with van der Waals surface area (Å²) >= 11 is 0. The monoisotopic (exact) mass is 700 g/mol. The molecule has 8 rings (SSSR count). The van der Waals surface area contributed by atoms with Crippen molar-refractivity contribution in [1.82, 2.24) is 0 Å². The molecule has 0 fully saturated rings. The molecule has 0 aliphatic rings. The van der Waals surface area contributed by atoms with E-state index in [-0.39, 0.29) is 0 Å². The average molecular weight is 701 g/mol. The summed E-state index contributed by atoms with van der Waals surface area (Å²) in [5.74, 6) is 1.40. The predicted molar refractivity (Wildman–Crippen MR) is 237 cm³/mol. The van der Waals surface area contributed by atoms with Crippen LogP contribution in [0.5, 0.6) is 0 Å². The van der Waals surface area contributed by atoms with Crippen LogP contribution in [0.3, 0.4) is 0 Å². The Kier molecular flexibility index (Phi) is 9.49. The minimum atomic E-state index is 0.351. The van der Waals surface area contributed by atoms with Crippen LogP contribution in [0.15, 0.2) is 146 Å². The highest BCUT2D eigenvalue weighted by Crippen LogP contribution is 2.56. The van der Waals surface area contributed by atoms with E-state index in [9.17, 15) is 0 Å². The Hall–Kier alpha value is -5.46. The first-order chi connectivity index (χ1) is 26.2. The van der Waals surface area contributed by atoms with Crippen molar-refractivity contribution < 1.29 is 0 Å². The van der Waals surface area contributed by atoms with Gasteiger partial charge in [-0.05, 0) is 123 Å². The van der Waals surface area contributed by atoms with Crippen molar-refractivity contribution in [2.45, 2.75) is 79.1 Å². The van der Waals surface area contributed by atoms with Gasteiger partial charge < -0.3 is 0 Å². The Balaban J connectivity index is 1.81. The van der Waals surface area contributed by atoms with Gasteiger partial charge in [-0.3, -0.25) is 0 Å². The topological polar surface area (TPSA) is 0 Å². The lowest BCUT2D eigenvalue weighted by molar-refractivity contribution is 0.868. The van der Waals surface area contributed by atoms with Gasteiger partial charge >= 0.3 is 0 Å². The molecular weight excluding hydrogens is 649 g/mol. The molecular formula is C54H52. The highest BCUT2D eigenvalue weighted by atomic mass is 14.3. The fourth-order valence-corrected chi connectivity index (χ4v) is 9.16. The van der Waals surface area contributed by atoms with Gasteiger partial charge in [0.1, 0.15) is 0 Å². The van der Waals surface area contributed by atoms with Crippen molar-refractivity contribution in [3.8, 4) is 44.5 Å². The first kappa shape index (κ1) is 35.6. The van der Waals surface area contributed by atoms with Crippen LogP contribution < -0.4 is 0 Å². The van der Waals surface area contributed by atoms with Crippen LogP contribution in [0, 0.1) is 0 Å². The minimum absolute atomic E-state index is 0.351. The molecule has 0 aromatic heterocycles. The van der Waals surface area contributed by atoms with Crippen molar-refractivity contribution in [1.29, 1.82) is 0 Å². The van der Waals surface area contributed by atoms with Crippen LogP contribution in [0.2, 0.25) is 0 Å². The minimum Gasteiger partial charge on any atom is -0.0619 e. The number of hydrogen-bond donors (Lipinski definition) is 0. The van der Waals surface area contributed by atoms with Crippen LogP contribution in [-0.4, -0.2) is 0 Å². The summed E-state index contributed by atoms with van der Waals surface area (Å²) in [6.07, 6.45) is 0. The van der Waals surface area contributed by atoms with Gasteiger partial charge in [0.05, 0.1) is 0 Å². The van der Waals surface area contributed by atoms with Gasteiger partial charge in [0.25, 0.3) is 0 Å². The summed E-state index contributed by atoms with van der Waals surface area (Å²) in [6, 6.07) is 55.2. The molecule has 268 valence electrons. The summed E-state index contributed by atoms with van der Waals surface area (Å²) in [7, 11) is 0. The Bertz CT molecular complexity index is 2300. The van der Waals surface area contributed by atoms with E-state index >= 15 is 0 Å². The zero-order chi connectivity index (χ0) is 37.7. The van der Waals surface area contributed by atoms with Crippen LogP contribution in [0.1, 0.15) is 101 Å². The third-order valence-electron chi connectivity index (χ3n) is 11.6. The van der Waals surface area contributed by atoms with Gasteiger partial charge in [-0.15, -0.1) is 0 Å². The van der Waals surface area contributed by atoms with Gasteiger partial charge in [0, 0.05) is 0 Å². The van der Waals surface area contributed by atoms with Crippen molar-refractivity contribution in [3.63, 3.8) is 0 Å². The molecule has 0 N–H and O–H groups in total. The molecule has 0 amide bonds. The second kappa shape index (κ2) is 14.4. The molecule has 0 unspecified atom stereocenters. The fraction of sp³-hybridized carbons (Fsp3) is 0.222. The van der Waals surface area contributed by atoms with Crippen LogP contribution in [-0.2, 0) is 0 Å². The molecule has 0 heteroatoms. The first-order valence-corrected chi connectivity index (χ1v) is 20.0. The molecule has 0 aliphatic heterocycles. The lowest BCUT2D eigenvalue weighted by Gasteiger charge is -2.29. The third kappa shape index (κ3) is 5.84. The zero-order valence-corrected chi connectivity index (χ0v) is 33.2. The number of hydrogen-bond acceptors (Lipinski definition) is 0. The van der Waals surface area contributed by atoms with Crippen LogP contribution in [0.4, 0.5) is 0 Å². The number of rotatable bonds is 8. The van der Waals surface area contributed by atoms with Gasteiger partial charge in [-0.2, -0.15) is 0 Å². The highest BCUT2D eigenvalue weighted by Gasteiger charge is 2.29. The van der Waals surface area contributed by atoms with E-state index in [0.29, 0.717) is 23.7 Å². The van der Waals surface area contributed by atoms with Crippen molar-refractivity contribution >= 4 is 32.3 Å². The second-order valence-corrected chi connectivity index (χ2v) is 16.3. The first-order valence-electron chi connectivity index (χ1n) is 20.0. The summed E-state index contributed by atoms with van der Waals surface area (Å²) < 4.78 is 0. The van der Waals surface area contributed by atoms with E-state index in [2.05, 4.69) is 201 Å². The van der Waals surface area contributed by atoms with Gasteiger partial charge in [0.2, 0.25) is 0 Å². The average Bonchev–Trinajstić information content (AvgIpc) is 3.19. The Morgan fingerprint density at radius 3 is 0.630 bits per heavy atom. The van der Waals surface area contributed by atoms with E-state index in [4.69, 9.17) is 0 Å². The SMILES string of the molecule is CC(C)c1ccccc1-c1c2ccccc2c(-c2ccccc2C(C)C)c2c(-c3ccccc3C(C)C)c3ccccc3c(-c3ccccc3C(C)C)c12. The molecule has 0 saturated carbocycles. The summed E-state index contributed by atoms with van der Waals surface area (Å²) in [5, 5.41) is 7.88. The van der Waals surface area contributed by atoms with Gasteiger partial charge in [-0.25, -0.2) is 0 Å². The maximum atomic E-state index is 2.39. The summed E-state index contributed by atoms with van der Waals surface area (Å²) in [4.78, 5) is 0. The van der Waals surface area contributed by atoms with Crippen molar-refractivity contribution in [2.75, 3.05) is 0 Å². The Morgan fingerprint density at radius 2 is 0.426 bits per heavy atom. The Labute approximate surface area is 322 Å². The van der Waals surface area contributed by atoms with Crippen LogP contribution >= 0.6 is 0 Å². The standard InChI is InChI=1S/C54H52/c1-33(2)37-21-9-13-25-41(37)49-45-29-17-18-30-46(45)51(43-27-15-11-23-39(43)35(5)6)54-52(44-28-16-12-24-40(44)36(7)8)48-32-20-19-31-47(48)50(53(49)54)42-26-14-10-22-38(42)34(3)4/h9-36H,1-8H3. The predicted octanol–water partition coefficient (Wildman–Crippen LogP) is 16.3. The van der Waals surface area contributed by atoms with E-state index in [1.54, 1.807) is 0 Å². The number of benzene rings is 8. The lowest BCUT2D eigenvalue weighted by Crippen LogP contribution is -2.03. The van der Waals surface area contributed by atoms with E-state index in [1.807, 2.05) is 0 Å². The molecule has 0 spiro atoms. The molecule has 8 aromatic carbocycles. The quantitative estimate of drug-likeness (QED) is 0.138. The second-order valence-electron chi connectivity index (χ2n) is 16.3. The lowest BCUT2D eigenvalue weighted by atomic mass is 9.74. The summed E-state index contributed by atoms with van der Waals surface area (Å²) in [5.41, 5.74) is 16.1. The molecule has 0 bridgehead atoms. The normalized spacial score (nSPS) is 12.0. The Morgan fingerprint density at radius 1 is 0.241 bits per heavy atom. The molecule has 0 aliphatic carbocycles. The van der Waals surface area contributed by atoms with Crippen molar-refractivity contribution in [3.05, 3.63) is 168 Å². The maximum absolute atomic E-state index is 2.39. The molecule has 54 heavy (non-hydrogen) atoms. The molecule has 0 saturated heterocycles. The zero-order valence-electron chi connectivity index (χ0n) is 33.2. The highest BCUT2D eigenvalue weighted by molar-refractivity contribution is 6.34. The molecule has 0 nitrogen and oxygen atoms in total. The van der Waals surface area contributed by atoms with Crippen molar-refractivity contribution in [2.24, 2.45) is 0 Å². The van der Waals surface area contributed by atoms with Crippen LogP contribution in [0.25, 0.3) is 76.8 Å². The van der Waals surface area contributed by atoms with Gasteiger partial charge in [0.15, 0.2) is 0 Å². The summed E-state index contributed by atoms with van der Waals surface area (Å²) in [6.45, 7) is 18.7. The molecule has 0 heterocycles. The number of fused-ring (bicyclic) bond motifs is 3. The van der Waals surface area contributed by atoms with E-state index in [0.717, 1.165) is 0 Å². The fourth-order valence-electron chi connectivity index (χ4n) is 9.16. The largest absolute Gasteiger partial charge is 0.0619 e. The van der Waals surface area contributed by atoms with Gasteiger partial charge in [-0.1, -0.05) is 201 Å². The molecule has 0 atom stereocenters.